The summed E-state index contributed by atoms with van der Waals surface area (Å²) >= 11 is 2.15. The van der Waals surface area contributed by atoms with Crippen LogP contribution in [0.25, 0.3) is 0 Å². The molecule has 0 bridgehead atoms. The van der Waals surface area contributed by atoms with Crippen molar-refractivity contribution in [2.75, 3.05) is 18.6 Å². The highest BCUT2D eigenvalue weighted by molar-refractivity contribution is 7.99. The first-order chi connectivity index (χ1) is 8.93. The van der Waals surface area contributed by atoms with Crippen LogP contribution in [0.1, 0.15) is 67.2 Å². The van der Waals surface area contributed by atoms with Crippen molar-refractivity contribution in [2.45, 2.75) is 67.2 Å². The number of hydrogen-bond acceptors (Lipinski definition) is 2. The fraction of sp³-hybridized carbons (Fsp3) is 0.882. The predicted molar refractivity (Wildman–Crippen MR) is 91.8 cm³/mol. The summed E-state index contributed by atoms with van der Waals surface area (Å²) in [5, 5.41) is 0. The van der Waals surface area contributed by atoms with Crippen molar-refractivity contribution < 1.29 is 0 Å². The Morgan fingerprint density at radius 2 is 1.11 bits per heavy atom. The lowest BCUT2D eigenvalue weighted by Gasteiger charge is -2.36. The number of thioether (sulfide) groups is 1. The topological polar surface area (TPSA) is 26.0 Å². The summed E-state index contributed by atoms with van der Waals surface area (Å²) in [6.07, 6.45) is 5.57. The van der Waals surface area contributed by atoms with Gasteiger partial charge < -0.3 is 5.73 Å². The minimum Gasteiger partial charge on any atom is -0.333 e. The van der Waals surface area contributed by atoms with Crippen LogP contribution in [0.3, 0.4) is 0 Å². The van der Waals surface area contributed by atoms with Gasteiger partial charge in [0.15, 0.2) is 0 Å². The molecule has 0 saturated heterocycles. The van der Waals surface area contributed by atoms with Crippen molar-refractivity contribution in [3.8, 4) is 0 Å². The second-order valence-corrected chi connectivity index (χ2v) is 7.41. The van der Waals surface area contributed by atoms with Crippen molar-refractivity contribution >= 4 is 11.8 Å². The van der Waals surface area contributed by atoms with Crippen molar-refractivity contribution in [1.82, 2.24) is 0 Å². The molecular weight excluding hydrogens is 250 g/mol. The Labute approximate surface area is 125 Å². The van der Waals surface area contributed by atoms with Gasteiger partial charge in [-0.15, -0.1) is 0 Å². The molecule has 0 aromatic heterocycles. The average molecular weight is 286 g/mol. The molecule has 0 saturated carbocycles. The molecule has 19 heavy (non-hydrogen) atoms. The molecule has 2 aliphatic rings. The summed E-state index contributed by atoms with van der Waals surface area (Å²) in [6.45, 7) is 13.8. The molecule has 114 valence electrons. The normalized spacial score (nSPS) is 24.0. The molecule has 0 aromatic carbocycles. The monoisotopic (exact) mass is 285 g/mol. The molecule has 1 nitrogen and oxygen atoms in total. The van der Waals surface area contributed by atoms with Crippen LogP contribution in [-0.4, -0.2) is 18.6 Å². The maximum atomic E-state index is 4.50. The van der Waals surface area contributed by atoms with E-state index >= 15 is 0 Å². The number of rotatable bonds is 0. The molecular formula is C17H35NS. The highest BCUT2D eigenvalue weighted by atomic mass is 32.2. The molecule has 2 N–H and O–H groups in total. The van der Waals surface area contributed by atoms with Crippen LogP contribution < -0.4 is 5.73 Å². The fourth-order valence-corrected chi connectivity index (χ4v) is 4.61. The molecule has 2 heteroatoms. The third-order valence-corrected chi connectivity index (χ3v) is 5.88. The van der Waals surface area contributed by atoms with Crippen LogP contribution in [0.15, 0.2) is 11.1 Å². The van der Waals surface area contributed by atoms with Crippen LogP contribution in [0, 0.1) is 10.8 Å². The molecule has 2 rings (SSSR count). The molecule has 0 aromatic rings. The minimum atomic E-state index is 0.453. The zero-order valence-corrected chi connectivity index (χ0v) is 15.0. The lowest BCUT2D eigenvalue weighted by molar-refractivity contribution is 0.409. The van der Waals surface area contributed by atoms with E-state index in [2.05, 4.69) is 45.2 Å². The zero-order valence-electron chi connectivity index (χ0n) is 14.2. The van der Waals surface area contributed by atoms with Crippen LogP contribution in [0.5, 0.6) is 0 Å². The molecule has 0 spiro atoms. The van der Waals surface area contributed by atoms with Crippen LogP contribution in [0.4, 0.5) is 0 Å². The first kappa shape index (κ1) is 19.1. The molecule has 0 fully saturated rings. The highest BCUT2D eigenvalue weighted by Gasteiger charge is 2.37. The van der Waals surface area contributed by atoms with E-state index in [1.807, 2.05) is 25.0 Å². The van der Waals surface area contributed by atoms with Gasteiger partial charge in [0.05, 0.1) is 0 Å². The summed E-state index contributed by atoms with van der Waals surface area (Å²) < 4.78 is 0. The van der Waals surface area contributed by atoms with Gasteiger partial charge >= 0.3 is 0 Å². The summed E-state index contributed by atoms with van der Waals surface area (Å²) in [7, 11) is 1.50. The Balaban J connectivity index is 0.000000741. The molecule has 1 aliphatic heterocycles. The van der Waals surface area contributed by atoms with Gasteiger partial charge in [-0.3, -0.25) is 0 Å². The standard InChI is InChI=1S/C14H24S.C2H6.CH5N/c1-13(2)9-15-10-14(3,4)12-8-6-5-7-11(12)13;2*1-2/h5-10H2,1-4H3;1-2H3;2H2,1H3. The van der Waals surface area contributed by atoms with E-state index in [9.17, 15) is 0 Å². The predicted octanol–water partition coefficient (Wildman–Crippen LogP) is 5.26. The van der Waals surface area contributed by atoms with Crippen molar-refractivity contribution in [2.24, 2.45) is 16.6 Å². The molecule has 0 unspecified atom stereocenters. The van der Waals surface area contributed by atoms with Gasteiger partial charge in [0.25, 0.3) is 0 Å². The molecule has 1 aliphatic carbocycles. The second-order valence-electron chi connectivity index (χ2n) is 6.42. The summed E-state index contributed by atoms with van der Waals surface area (Å²) in [5.74, 6) is 2.63. The third-order valence-electron chi connectivity index (χ3n) is 4.03. The number of allylic oxidation sites excluding steroid dienone is 2. The van der Waals surface area contributed by atoms with Gasteiger partial charge in [0, 0.05) is 11.5 Å². The molecule has 0 amide bonds. The van der Waals surface area contributed by atoms with E-state index in [1.54, 1.807) is 0 Å². The minimum absolute atomic E-state index is 0.453. The Morgan fingerprint density at radius 3 is 1.42 bits per heavy atom. The van der Waals surface area contributed by atoms with Gasteiger partial charge in [-0.25, -0.2) is 0 Å². The van der Waals surface area contributed by atoms with Gasteiger partial charge in [0.1, 0.15) is 0 Å². The van der Waals surface area contributed by atoms with E-state index in [1.165, 1.54) is 44.2 Å². The smallest absolute Gasteiger partial charge is 0.00217 e. The van der Waals surface area contributed by atoms with Crippen LogP contribution >= 0.6 is 11.8 Å². The van der Waals surface area contributed by atoms with E-state index in [0.29, 0.717) is 10.8 Å². The fourth-order valence-electron chi connectivity index (χ4n) is 3.13. The second kappa shape index (κ2) is 8.36. The van der Waals surface area contributed by atoms with Gasteiger partial charge in [-0.05, 0) is 43.6 Å². The summed E-state index contributed by atoms with van der Waals surface area (Å²) in [6, 6.07) is 0. The zero-order chi connectivity index (χ0) is 15.1. The van der Waals surface area contributed by atoms with Crippen LogP contribution in [-0.2, 0) is 0 Å². The molecule has 1 heterocycles. The first-order valence-electron chi connectivity index (χ1n) is 7.82. The lowest BCUT2D eigenvalue weighted by Crippen LogP contribution is -2.24. The van der Waals surface area contributed by atoms with Gasteiger partial charge in [-0.2, -0.15) is 11.8 Å². The number of hydrogen-bond donors (Lipinski definition) is 1. The molecule has 0 atom stereocenters. The number of nitrogens with two attached hydrogens (primary N) is 1. The Hall–Kier alpha value is 0.0500. The van der Waals surface area contributed by atoms with Crippen molar-refractivity contribution in [3.63, 3.8) is 0 Å². The summed E-state index contributed by atoms with van der Waals surface area (Å²) in [4.78, 5) is 0. The summed E-state index contributed by atoms with van der Waals surface area (Å²) in [5.41, 5.74) is 9.02. The van der Waals surface area contributed by atoms with E-state index in [4.69, 9.17) is 0 Å². The van der Waals surface area contributed by atoms with Crippen molar-refractivity contribution in [3.05, 3.63) is 11.1 Å². The maximum Gasteiger partial charge on any atom is 0.00217 e. The first-order valence-corrected chi connectivity index (χ1v) is 8.97. The largest absolute Gasteiger partial charge is 0.333 e. The van der Waals surface area contributed by atoms with Crippen LogP contribution in [0.2, 0.25) is 0 Å². The van der Waals surface area contributed by atoms with Gasteiger partial charge in [0.2, 0.25) is 0 Å². The Morgan fingerprint density at radius 1 is 0.789 bits per heavy atom. The van der Waals surface area contributed by atoms with Gasteiger partial charge in [-0.1, -0.05) is 52.7 Å². The third kappa shape index (κ3) is 4.82. The lowest BCUT2D eigenvalue weighted by atomic mass is 9.69. The average Bonchev–Trinajstić information content (AvgIpc) is 2.51. The van der Waals surface area contributed by atoms with E-state index < -0.39 is 0 Å². The highest BCUT2D eigenvalue weighted by Crippen LogP contribution is 2.49. The Bertz CT molecular complexity index is 262. The van der Waals surface area contributed by atoms with E-state index in [-0.39, 0.29) is 0 Å². The maximum absolute atomic E-state index is 4.50. The Kier molecular flexibility index (Phi) is 8.38. The quantitative estimate of drug-likeness (QED) is 0.615. The van der Waals surface area contributed by atoms with Crippen molar-refractivity contribution in [1.29, 1.82) is 0 Å². The van der Waals surface area contributed by atoms with E-state index in [0.717, 1.165) is 0 Å². The SMILES string of the molecule is CC.CC1(C)CSCC(C)(C)C2=C1CCCC2.CN. The molecule has 0 radical (unpaired) electrons.